The van der Waals surface area contributed by atoms with Crippen molar-refractivity contribution in [1.29, 1.82) is 0 Å². The minimum atomic E-state index is 0.487. The second-order valence-electron chi connectivity index (χ2n) is 3.76. The molecule has 0 aliphatic heterocycles. The number of fused-ring (bicyclic) bond motifs is 3. The van der Waals surface area contributed by atoms with Crippen LogP contribution in [-0.2, 0) is 7.05 Å². The van der Waals surface area contributed by atoms with Crippen LogP contribution in [0.5, 0.6) is 0 Å². The van der Waals surface area contributed by atoms with E-state index in [9.17, 15) is 4.91 Å². The van der Waals surface area contributed by atoms with Gasteiger partial charge in [-0.1, -0.05) is 11.6 Å². The van der Waals surface area contributed by atoms with E-state index in [1.807, 2.05) is 0 Å². The highest BCUT2D eigenvalue weighted by Crippen LogP contribution is 2.17. The molecule has 2 heterocycles. The van der Waals surface area contributed by atoms with E-state index in [2.05, 4.69) is 5.10 Å². The summed E-state index contributed by atoms with van der Waals surface area (Å²) >= 11 is 11.1. The van der Waals surface area contributed by atoms with Crippen molar-refractivity contribution in [2.75, 3.05) is 0 Å². The Morgan fingerprint density at radius 1 is 1.47 bits per heavy atom. The van der Waals surface area contributed by atoms with Gasteiger partial charge < -0.3 is 0 Å². The SMILES string of the molecule is Cn1[nH]c(=S)n2c3ccc(Cl)cc3[n+](=O)cc12. The summed E-state index contributed by atoms with van der Waals surface area (Å²) in [6, 6.07) is 5.14. The molecule has 0 unspecified atom stereocenters. The lowest BCUT2D eigenvalue weighted by molar-refractivity contribution is -0.463. The van der Waals surface area contributed by atoms with Gasteiger partial charge in [0.05, 0.1) is 4.43 Å². The number of H-pyrrole nitrogens is 1. The summed E-state index contributed by atoms with van der Waals surface area (Å²) in [7, 11) is 1.80. The number of aryl methyl sites for hydroxylation is 1. The summed E-state index contributed by atoms with van der Waals surface area (Å²) in [5.74, 6) is 0. The molecule has 0 atom stereocenters. The molecule has 17 heavy (non-hydrogen) atoms. The number of nitrogens with zero attached hydrogens (tertiary/aromatic N) is 3. The molecule has 0 aliphatic rings. The Hall–Kier alpha value is -1.66. The van der Waals surface area contributed by atoms with Crippen LogP contribution in [-0.4, -0.2) is 14.2 Å². The van der Waals surface area contributed by atoms with Gasteiger partial charge in [-0.15, -0.1) is 0 Å². The fraction of sp³-hybridized carbons (Fsp3) is 0.100. The van der Waals surface area contributed by atoms with Gasteiger partial charge in [0, 0.05) is 23.0 Å². The second kappa shape index (κ2) is 3.41. The Morgan fingerprint density at radius 2 is 2.24 bits per heavy atom. The van der Waals surface area contributed by atoms with Crippen LogP contribution in [0, 0.1) is 9.68 Å². The Bertz CT molecular complexity index is 860. The van der Waals surface area contributed by atoms with Crippen molar-refractivity contribution in [3.8, 4) is 0 Å². The first-order chi connectivity index (χ1) is 8.08. The van der Waals surface area contributed by atoms with E-state index in [-0.39, 0.29) is 0 Å². The maximum Gasteiger partial charge on any atom is 0.288 e. The van der Waals surface area contributed by atoms with Gasteiger partial charge in [0.1, 0.15) is 5.52 Å². The zero-order valence-electron chi connectivity index (χ0n) is 8.85. The van der Waals surface area contributed by atoms with Crippen LogP contribution < -0.4 is 4.43 Å². The average Bonchev–Trinajstić information content (AvgIpc) is 2.55. The Labute approximate surface area is 105 Å². The molecule has 86 valence electrons. The van der Waals surface area contributed by atoms with Gasteiger partial charge >= 0.3 is 0 Å². The van der Waals surface area contributed by atoms with Crippen LogP contribution in [0.3, 0.4) is 0 Å². The number of nitrogens with one attached hydrogen (secondary N) is 1. The molecule has 0 saturated carbocycles. The molecule has 0 radical (unpaired) electrons. The highest BCUT2D eigenvalue weighted by molar-refractivity contribution is 7.71. The number of benzene rings is 1. The Balaban J connectivity index is 2.73. The van der Waals surface area contributed by atoms with Crippen molar-refractivity contribution in [3.05, 3.63) is 39.1 Å². The van der Waals surface area contributed by atoms with Crippen LogP contribution in [0.4, 0.5) is 0 Å². The largest absolute Gasteiger partial charge is 0.288 e. The number of aromatic nitrogens is 4. The summed E-state index contributed by atoms with van der Waals surface area (Å²) in [5.41, 5.74) is 1.91. The highest BCUT2D eigenvalue weighted by atomic mass is 35.5. The normalized spacial score (nSPS) is 11.4. The molecule has 3 aromatic rings. The fourth-order valence-corrected chi connectivity index (χ4v) is 2.41. The van der Waals surface area contributed by atoms with E-state index in [0.717, 1.165) is 9.94 Å². The first-order valence-electron chi connectivity index (χ1n) is 4.90. The summed E-state index contributed by atoms with van der Waals surface area (Å²) in [4.78, 5) is 11.9. The first-order valence-corrected chi connectivity index (χ1v) is 5.69. The summed E-state index contributed by atoms with van der Waals surface area (Å²) < 4.78 is 4.83. The summed E-state index contributed by atoms with van der Waals surface area (Å²) in [6.45, 7) is 0. The predicted octanol–water partition coefficient (Wildman–Crippen LogP) is 2.06. The molecule has 0 saturated heterocycles. The van der Waals surface area contributed by atoms with Crippen LogP contribution in [0.15, 0.2) is 24.4 Å². The highest BCUT2D eigenvalue weighted by Gasteiger charge is 2.15. The van der Waals surface area contributed by atoms with Crippen LogP contribution >= 0.6 is 23.8 Å². The number of hydrogen-bond donors (Lipinski definition) is 1. The Kier molecular flexibility index (Phi) is 2.11. The molecule has 5 nitrogen and oxygen atoms in total. The molecular weight excluding hydrogens is 260 g/mol. The van der Waals surface area contributed by atoms with Crippen molar-refractivity contribution in [1.82, 2.24) is 14.2 Å². The smallest absolute Gasteiger partial charge is 0.272 e. The molecule has 0 fully saturated rings. The lowest BCUT2D eigenvalue weighted by Crippen LogP contribution is -2.17. The van der Waals surface area contributed by atoms with Crippen molar-refractivity contribution in [3.63, 3.8) is 0 Å². The van der Waals surface area contributed by atoms with E-state index in [1.165, 1.54) is 6.20 Å². The summed E-state index contributed by atoms with van der Waals surface area (Å²) in [6.07, 6.45) is 1.46. The molecule has 1 N–H and O–H groups in total. The molecule has 0 spiro atoms. The van der Waals surface area contributed by atoms with Gasteiger partial charge in [-0.05, 0) is 24.4 Å². The van der Waals surface area contributed by atoms with Crippen LogP contribution in [0.1, 0.15) is 0 Å². The third-order valence-electron chi connectivity index (χ3n) is 2.69. The van der Waals surface area contributed by atoms with Gasteiger partial charge in [-0.3, -0.25) is 14.2 Å². The Morgan fingerprint density at radius 3 is 3.00 bits per heavy atom. The van der Waals surface area contributed by atoms with Crippen molar-refractivity contribution in [2.24, 2.45) is 7.05 Å². The molecule has 0 bridgehead atoms. The maximum atomic E-state index is 11.9. The van der Waals surface area contributed by atoms with Crippen molar-refractivity contribution in [2.45, 2.75) is 0 Å². The van der Waals surface area contributed by atoms with Gasteiger partial charge in [-0.25, -0.2) is 0 Å². The predicted molar refractivity (Wildman–Crippen MR) is 67.4 cm³/mol. The quantitative estimate of drug-likeness (QED) is 0.501. The molecule has 0 aliphatic carbocycles. The number of hydrogen-bond acceptors (Lipinski definition) is 2. The number of halogens is 1. The van der Waals surface area contributed by atoms with E-state index in [1.54, 1.807) is 34.3 Å². The zero-order valence-corrected chi connectivity index (χ0v) is 10.4. The number of rotatable bonds is 0. The molecule has 2 aromatic heterocycles. The van der Waals surface area contributed by atoms with Crippen LogP contribution in [0.25, 0.3) is 16.7 Å². The second-order valence-corrected chi connectivity index (χ2v) is 4.58. The lowest BCUT2D eigenvalue weighted by Gasteiger charge is -1.96. The van der Waals surface area contributed by atoms with Gasteiger partial charge in [0.15, 0.2) is 4.77 Å². The van der Waals surface area contributed by atoms with Crippen LogP contribution in [0.2, 0.25) is 5.02 Å². The molecular formula is C10H8ClN4OS+. The monoisotopic (exact) mass is 267 g/mol. The van der Waals surface area contributed by atoms with E-state index in [4.69, 9.17) is 23.8 Å². The minimum absolute atomic E-state index is 0.487. The van der Waals surface area contributed by atoms with Gasteiger partial charge in [-0.2, -0.15) is 0 Å². The molecule has 0 amide bonds. The molecule has 1 aromatic carbocycles. The topological polar surface area (TPSA) is 48.1 Å². The van der Waals surface area contributed by atoms with E-state index < -0.39 is 0 Å². The average molecular weight is 268 g/mol. The van der Waals surface area contributed by atoms with Crippen molar-refractivity contribution < 1.29 is 4.43 Å². The minimum Gasteiger partial charge on any atom is -0.272 e. The standard InChI is InChI=1S/C10H7ClN4OS/c1-13-9-5-14(16)8-4-6(11)2-3-7(8)15(9)10(17)12-13/h2-5H,1H3/p+1. The lowest BCUT2D eigenvalue weighted by atomic mass is 10.3. The van der Waals surface area contributed by atoms with Crippen molar-refractivity contribution >= 4 is 40.5 Å². The van der Waals surface area contributed by atoms with E-state index in [0.29, 0.717) is 21.0 Å². The summed E-state index contributed by atoms with van der Waals surface area (Å²) in [5, 5.41) is 3.48. The third kappa shape index (κ3) is 1.41. The number of aromatic amines is 1. The fourth-order valence-electron chi connectivity index (χ4n) is 1.92. The maximum absolute atomic E-state index is 11.9. The van der Waals surface area contributed by atoms with E-state index >= 15 is 0 Å². The molecule has 3 rings (SSSR count). The zero-order chi connectivity index (χ0) is 12.2. The third-order valence-corrected chi connectivity index (χ3v) is 3.20. The molecule has 7 heteroatoms. The van der Waals surface area contributed by atoms with Gasteiger partial charge in [0.2, 0.25) is 5.65 Å². The first kappa shape index (κ1) is 10.5. The van der Waals surface area contributed by atoms with Gasteiger partial charge in [0.25, 0.3) is 11.7 Å².